The van der Waals surface area contributed by atoms with Gasteiger partial charge >= 0.3 is 5.97 Å². The highest BCUT2D eigenvalue weighted by molar-refractivity contribution is 5.95. The number of benzene rings is 2. The average Bonchev–Trinajstić information content (AvgIpc) is 3.50. The van der Waals surface area contributed by atoms with Crippen molar-refractivity contribution in [1.82, 2.24) is 15.3 Å². The smallest absolute Gasteiger partial charge is 0.329 e. The van der Waals surface area contributed by atoms with Crippen molar-refractivity contribution < 1.29 is 18.7 Å². The number of hydrogen-bond donors (Lipinski definition) is 3. The summed E-state index contributed by atoms with van der Waals surface area (Å²) in [4.78, 5) is 33.5. The molecule has 0 bridgehead atoms. The summed E-state index contributed by atoms with van der Waals surface area (Å²) in [5.74, 6) is -0.413. The number of carbonyl (C=O) groups excluding carboxylic acids is 2. The van der Waals surface area contributed by atoms with E-state index in [1.807, 2.05) is 74.6 Å². The minimum atomic E-state index is -0.921. The Hall–Kier alpha value is -3.91. The van der Waals surface area contributed by atoms with E-state index in [-0.39, 0.29) is 18.7 Å². The monoisotopic (exact) mass is 474 g/mol. The van der Waals surface area contributed by atoms with Crippen LogP contribution in [0.4, 0.5) is 0 Å². The molecule has 0 aliphatic rings. The standard InChI is InChI=1S/C27H30N4O4/c1-17(2)12-21(28)26-31-24(16-34-26)25(32)30-23(27(33)35-15-18-8-4-3-5-9-18)13-19-14-29-22-11-7-6-10-20(19)22/h3-11,14,16-17,21,23,29H,12-13,15,28H2,1-2H3,(H,30,32). The van der Waals surface area contributed by atoms with Gasteiger partial charge in [0.15, 0.2) is 5.69 Å². The molecule has 0 saturated heterocycles. The summed E-state index contributed by atoms with van der Waals surface area (Å²) >= 11 is 0. The molecule has 0 aliphatic heterocycles. The number of carbonyl (C=O) groups is 2. The van der Waals surface area contributed by atoms with Crippen LogP contribution in [-0.2, 0) is 22.6 Å². The Morgan fingerprint density at radius 2 is 1.86 bits per heavy atom. The minimum Gasteiger partial charge on any atom is -0.459 e. The largest absolute Gasteiger partial charge is 0.459 e. The van der Waals surface area contributed by atoms with Gasteiger partial charge in [0.2, 0.25) is 5.89 Å². The van der Waals surface area contributed by atoms with E-state index in [4.69, 9.17) is 14.9 Å². The summed E-state index contributed by atoms with van der Waals surface area (Å²) in [6, 6.07) is 15.8. The zero-order valence-corrected chi connectivity index (χ0v) is 19.9. The number of hydrogen-bond acceptors (Lipinski definition) is 6. The van der Waals surface area contributed by atoms with Gasteiger partial charge in [-0.2, -0.15) is 0 Å². The van der Waals surface area contributed by atoms with Crippen LogP contribution in [0.1, 0.15) is 53.8 Å². The molecular weight excluding hydrogens is 444 g/mol. The van der Waals surface area contributed by atoms with Gasteiger partial charge in [0.1, 0.15) is 18.9 Å². The van der Waals surface area contributed by atoms with Crippen LogP contribution in [0.25, 0.3) is 10.9 Å². The lowest BCUT2D eigenvalue weighted by atomic mass is 10.0. The number of para-hydroxylation sites is 1. The van der Waals surface area contributed by atoms with Crippen LogP contribution in [0, 0.1) is 5.92 Å². The number of aromatic nitrogens is 2. The second-order valence-corrected chi connectivity index (χ2v) is 8.99. The number of rotatable bonds is 10. The molecule has 182 valence electrons. The molecule has 0 fully saturated rings. The molecule has 8 nitrogen and oxygen atoms in total. The van der Waals surface area contributed by atoms with Gasteiger partial charge in [-0.25, -0.2) is 9.78 Å². The van der Waals surface area contributed by atoms with Crippen LogP contribution >= 0.6 is 0 Å². The van der Waals surface area contributed by atoms with Crippen LogP contribution in [0.2, 0.25) is 0 Å². The topological polar surface area (TPSA) is 123 Å². The summed E-state index contributed by atoms with van der Waals surface area (Å²) in [6.07, 6.45) is 4.04. The summed E-state index contributed by atoms with van der Waals surface area (Å²) in [7, 11) is 0. The van der Waals surface area contributed by atoms with E-state index in [1.54, 1.807) is 0 Å². The maximum atomic E-state index is 13.1. The molecule has 4 rings (SSSR count). The Kier molecular flexibility index (Phi) is 7.62. The van der Waals surface area contributed by atoms with Gasteiger partial charge < -0.3 is 25.2 Å². The fourth-order valence-corrected chi connectivity index (χ4v) is 3.95. The van der Waals surface area contributed by atoms with E-state index in [2.05, 4.69) is 15.3 Å². The van der Waals surface area contributed by atoms with Crippen molar-refractivity contribution in [3.63, 3.8) is 0 Å². The zero-order chi connectivity index (χ0) is 24.8. The highest BCUT2D eigenvalue weighted by atomic mass is 16.5. The van der Waals surface area contributed by atoms with Crippen LogP contribution in [0.3, 0.4) is 0 Å². The molecule has 0 spiro atoms. The molecule has 0 saturated carbocycles. The Morgan fingerprint density at radius 1 is 1.11 bits per heavy atom. The molecule has 2 aromatic carbocycles. The predicted molar refractivity (Wildman–Crippen MR) is 132 cm³/mol. The van der Waals surface area contributed by atoms with Crippen LogP contribution < -0.4 is 11.1 Å². The van der Waals surface area contributed by atoms with Gasteiger partial charge in [-0.1, -0.05) is 62.4 Å². The fraction of sp³-hybridized carbons (Fsp3) is 0.296. The maximum absolute atomic E-state index is 13.1. The molecule has 0 radical (unpaired) electrons. The Morgan fingerprint density at radius 3 is 2.63 bits per heavy atom. The number of esters is 1. The molecule has 0 aliphatic carbocycles. The Labute approximate surface area is 203 Å². The third-order valence-corrected chi connectivity index (χ3v) is 5.71. The first-order chi connectivity index (χ1) is 16.9. The predicted octanol–water partition coefficient (Wildman–Crippen LogP) is 4.29. The molecule has 4 N–H and O–H groups in total. The van der Waals surface area contributed by atoms with E-state index in [0.29, 0.717) is 18.2 Å². The SMILES string of the molecule is CC(C)CC(N)c1nc(C(=O)NC(Cc2c[nH]c3ccccc23)C(=O)OCc2ccccc2)co1. The third kappa shape index (κ3) is 6.16. The van der Waals surface area contributed by atoms with Crippen LogP contribution in [0.5, 0.6) is 0 Å². The van der Waals surface area contributed by atoms with Crippen molar-refractivity contribution in [2.75, 3.05) is 0 Å². The van der Waals surface area contributed by atoms with Gasteiger partial charge in [-0.3, -0.25) is 4.79 Å². The normalized spacial score (nSPS) is 13.0. The summed E-state index contributed by atoms with van der Waals surface area (Å²) in [6.45, 7) is 4.21. The van der Waals surface area contributed by atoms with Crippen molar-refractivity contribution in [2.24, 2.45) is 11.7 Å². The van der Waals surface area contributed by atoms with Crippen molar-refractivity contribution in [1.29, 1.82) is 0 Å². The molecule has 35 heavy (non-hydrogen) atoms. The number of amides is 1. The molecule has 2 aromatic heterocycles. The number of ether oxygens (including phenoxy) is 1. The highest BCUT2D eigenvalue weighted by Gasteiger charge is 2.27. The fourth-order valence-electron chi connectivity index (χ4n) is 3.95. The molecule has 2 heterocycles. The van der Waals surface area contributed by atoms with Gasteiger partial charge in [-0.15, -0.1) is 0 Å². The summed E-state index contributed by atoms with van der Waals surface area (Å²) in [5, 5.41) is 3.75. The van der Waals surface area contributed by atoms with E-state index in [0.717, 1.165) is 22.0 Å². The number of nitrogens with one attached hydrogen (secondary N) is 2. The van der Waals surface area contributed by atoms with Crippen LogP contribution in [-0.4, -0.2) is 27.9 Å². The Balaban J connectivity index is 1.51. The second-order valence-electron chi connectivity index (χ2n) is 8.99. The first-order valence-electron chi connectivity index (χ1n) is 11.7. The van der Waals surface area contributed by atoms with Gasteiger partial charge in [0.25, 0.3) is 5.91 Å². The van der Waals surface area contributed by atoms with Gasteiger partial charge in [0.05, 0.1) is 6.04 Å². The summed E-state index contributed by atoms with van der Waals surface area (Å²) in [5.41, 5.74) is 8.90. The summed E-state index contributed by atoms with van der Waals surface area (Å²) < 4.78 is 11.0. The Bertz CT molecular complexity index is 1280. The first-order valence-corrected chi connectivity index (χ1v) is 11.7. The third-order valence-electron chi connectivity index (χ3n) is 5.71. The first kappa shape index (κ1) is 24.2. The minimum absolute atomic E-state index is 0.0685. The molecule has 2 atom stereocenters. The van der Waals surface area contributed by atoms with E-state index in [9.17, 15) is 9.59 Å². The number of aromatic amines is 1. The number of fused-ring (bicyclic) bond motifs is 1. The van der Waals surface area contributed by atoms with E-state index >= 15 is 0 Å². The van der Waals surface area contributed by atoms with Gasteiger partial charge in [0, 0.05) is 23.5 Å². The molecule has 8 heteroatoms. The second kappa shape index (κ2) is 11.0. The van der Waals surface area contributed by atoms with Crippen molar-refractivity contribution in [3.8, 4) is 0 Å². The van der Waals surface area contributed by atoms with E-state index < -0.39 is 24.0 Å². The number of H-pyrrole nitrogens is 1. The lowest BCUT2D eigenvalue weighted by Gasteiger charge is -2.17. The molecule has 1 amide bonds. The van der Waals surface area contributed by atoms with Crippen molar-refractivity contribution in [2.45, 2.75) is 45.4 Å². The average molecular weight is 475 g/mol. The molecule has 4 aromatic rings. The molecular formula is C27H30N4O4. The number of nitrogens with two attached hydrogens (primary N) is 1. The number of nitrogens with zero attached hydrogens (tertiary/aromatic N) is 1. The molecule has 2 unspecified atom stereocenters. The highest BCUT2D eigenvalue weighted by Crippen LogP contribution is 2.21. The van der Waals surface area contributed by atoms with Crippen molar-refractivity contribution in [3.05, 3.63) is 89.8 Å². The maximum Gasteiger partial charge on any atom is 0.329 e. The quantitative estimate of drug-likeness (QED) is 0.295. The lowest BCUT2D eigenvalue weighted by Crippen LogP contribution is -2.43. The van der Waals surface area contributed by atoms with Crippen molar-refractivity contribution >= 4 is 22.8 Å². The number of oxazole rings is 1. The lowest BCUT2D eigenvalue weighted by molar-refractivity contribution is -0.147. The van der Waals surface area contributed by atoms with Crippen LogP contribution in [0.15, 0.2) is 71.5 Å². The zero-order valence-electron chi connectivity index (χ0n) is 19.9. The van der Waals surface area contributed by atoms with Gasteiger partial charge in [-0.05, 0) is 29.5 Å². The van der Waals surface area contributed by atoms with E-state index in [1.165, 1.54) is 6.26 Å².